The highest BCUT2D eigenvalue weighted by molar-refractivity contribution is 8.02. The molecule has 0 saturated carbocycles. The highest BCUT2D eigenvalue weighted by atomic mass is 32.2. The van der Waals surface area contributed by atoms with Gasteiger partial charge >= 0.3 is 0 Å². The molecule has 0 amide bonds. The van der Waals surface area contributed by atoms with Gasteiger partial charge in [0.15, 0.2) is 0 Å². The number of halogens is 1. The summed E-state index contributed by atoms with van der Waals surface area (Å²) in [5, 5.41) is 0. The molecule has 0 atom stereocenters. The van der Waals surface area contributed by atoms with E-state index in [1.165, 1.54) is 17.8 Å². The van der Waals surface area contributed by atoms with Crippen molar-refractivity contribution in [2.24, 2.45) is 0 Å². The van der Waals surface area contributed by atoms with Crippen LogP contribution in [0.1, 0.15) is 0 Å². The molecule has 0 aromatic carbocycles. The lowest BCUT2D eigenvalue weighted by molar-refractivity contribution is 0.667. The summed E-state index contributed by atoms with van der Waals surface area (Å²) in [7, 11) is 0. The molecule has 0 N–H and O–H groups in total. The van der Waals surface area contributed by atoms with Crippen molar-refractivity contribution in [2.45, 2.75) is 0 Å². The molecular weight excluding hydrogens is 135 g/mol. The minimum absolute atomic E-state index is 0.339. The lowest BCUT2D eigenvalue weighted by Gasteiger charge is -1.89. The van der Waals surface area contributed by atoms with Crippen LogP contribution in [0.4, 0.5) is 4.39 Å². The fraction of sp³-hybridized carbons (Fsp3) is 0.143. The number of thioether (sulfide) groups is 1. The minimum Gasteiger partial charge on any atom is -0.207 e. The van der Waals surface area contributed by atoms with Gasteiger partial charge in [0.25, 0.3) is 0 Å². The summed E-state index contributed by atoms with van der Waals surface area (Å²) >= 11 is 1.41. The summed E-state index contributed by atoms with van der Waals surface area (Å²) in [6, 6.07) is 0. The van der Waals surface area contributed by atoms with Crippen LogP contribution in [-0.2, 0) is 0 Å². The van der Waals surface area contributed by atoms with E-state index in [1.807, 2.05) is 6.26 Å². The Bertz CT molecular complexity index is 147. The molecular formula is C7H9FS. The zero-order valence-corrected chi connectivity index (χ0v) is 6.17. The van der Waals surface area contributed by atoms with Crippen LogP contribution in [0, 0.1) is 0 Å². The highest BCUT2D eigenvalue weighted by Gasteiger charge is 1.86. The first-order valence-electron chi connectivity index (χ1n) is 2.43. The van der Waals surface area contributed by atoms with Crippen LogP contribution >= 0.6 is 11.8 Å². The van der Waals surface area contributed by atoms with Gasteiger partial charge in [-0.2, -0.15) is 0 Å². The Balaban J connectivity index is 3.94. The Morgan fingerprint density at radius 2 is 2.22 bits per heavy atom. The Kier molecular flexibility index (Phi) is 4.14. The van der Waals surface area contributed by atoms with Crippen LogP contribution < -0.4 is 0 Å². The van der Waals surface area contributed by atoms with E-state index in [4.69, 9.17) is 0 Å². The van der Waals surface area contributed by atoms with Crippen LogP contribution in [0.3, 0.4) is 0 Å². The van der Waals surface area contributed by atoms with Gasteiger partial charge < -0.3 is 0 Å². The summed E-state index contributed by atoms with van der Waals surface area (Å²) in [6.07, 6.45) is 4.34. The van der Waals surface area contributed by atoms with Crippen molar-refractivity contribution in [1.82, 2.24) is 0 Å². The van der Waals surface area contributed by atoms with Crippen LogP contribution in [0.25, 0.3) is 0 Å². The maximum absolute atomic E-state index is 12.2. The summed E-state index contributed by atoms with van der Waals surface area (Å²) in [4.78, 5) is 0.701. The molecule has 0 unspecified atom stereocenters. The first-order valence-corrected chi connectivity index (χ1v) is 3.65. The van der Waals surface area contributed by atoms with Crippen molar-refractivity contribution in [1.29, 1.82) is 0 Å². The molecule has 0 nitrogen and oxygen atoms in total. The SMILES string of the molecule is C=C/C(F)=C\C(=C)SC. The van der Waals surface area contributed by atoms with E-state index in [2.05, 4.69) is 13.2 Å². The first-order chi connectivity index (χ1) is 4.20. The molecule has 0 bridgehead atoms. The zero-order valence-electron chi connectivity index (χ0n) is 5.36. The Morgan fingerprint density at radius 3 is 2.56 bits per heavy atom. The molecule has 0 fully saturated rings. The van der Waals surface area contributed by atoms with Crippen molar-refractivity contribution < 1.29 is 4.39 Å². The van der Waals surface area contributed by atoms with Crippen LogP contribution in [-0.4, -0.2) is 6.26 Å². The molecule has 0 aliphatic rings. The average Bonchev–Trinajstić information content (AvgIpc) is 1.87. The standard InChI is InChI=1S/C7H9FS/c1-4-7(8)5-6(2)9-3/h4-5H,1-2H2,3H3/b7-5+. The molecule has 0 aliphatic carbocycles. The quantitative estimate of drug-likeness (QED) is 0.549. The summed E-state index contributed by atoms with van der Waals surface area (Å²) in [5.41, 5.74) is 0. The van der Waals surface area contributed by atoms with Gasteiger partial charge in [0.2, 0.25) is 0 Å². The minimum atomic E-state index is -0.339. The molecule has 0 aromatic rings. The second-order valence-corrected chi connectivity index (χ2v) is 2.34. The van der Waals surface area contributed by atoms with E-state index in [0.717, 1.165) is 6.08 Å². The molecule has 50 valence electrons. The van der Waals surface area contributed by atoms with E-state index >= 15 is 0 Å². The van der Waals surface area contributed by atoms with Crippen molar-refractivity contribution in [3.63, 3.8) is 0 Å². The first kappa shape index (κ1) is 8.50. The highest BCUT2D eigenvalue weighted by Crippen LogP contribution is 2.12. The van der Waals surface area contributed by atoms with Gasteiger partial charge in [-0.15, -0.1) is 11.8 Å². The van der Waals surface area contributed by atoms with E-state index in [-0.39, 0.29) is 5.83 Å². The largest absolute Gasteiger partial charge is 0.207 e. The van der Waals surface area contributed by atoms with Crippen LogP contribution in [0.5, 0.6) is 0 Å². The topological polar surface area (TPSA) is 0 Å². The fourth-order valence-electron chi connectivity index (χ4n) is 0.272. The molecule has 2 heteroatoms. The molecule has 0 aliphatic heterocycles. The zero-order chi connectivity index (χ0) is 7.28. The lowest BCUT2D eigenvalue weighted by atomic mass is 10.4. The third kappa shape index (κ3) is 4.03. The van der Waals surface area contributed by atoms with Crippen molar-refractivity contribution in [3.8, 4) is 0 Å². The number of rotatable bonds is 3. The molecule has 0 rings (SSSR count). The third-order valence-electron chi connectivity index (χ3n) is 0.756. The van der Waals surface area contributed by atoms with Crippen molar-refractivity contribution in [3.05, 3.63) is 36.0 Å². The molecule has 0 heterocycles. The number of allylic oxidation sites excluding steroid dienone is 3. The number of hydrogen-bond donors (Lipinski definition) is 0. The second-order valence-electron chi connectivity index (χ2n) is 1.40. The lowest BCUT2D eigenvalue weighted by Crippen LogP contribution is -1.66. The smallest absolute Gasteiger partial charge is 0.123 e. The molecule has 0 saturated heterocycles. The van der Waals surface area contributed by atoms with E-state index in [0.29, 0.717) is 4.91 Å². The van der Waals surface area contributed by atoms with Crippen LogP contribution in [0.15, 0.2) is 36.0 Å². The van der Waals surface area contributed by atoms with E-state index in [1.54, 1.807) is 0 Å². The van der Waals surface area contributed by atoms with Gasteiger partial charge in [-0.25, -0.2) is 4.39 Å². The average molecular weight is 144 g/mol. The van der Waals surface area contributed by atoms with Gasteiger partial charge in [-0.1, -0.05) is 13.2 Å². The molecule has 0 aromatic heterocycles. The normalized spacial score (nSPS) is 11.1. The van der Waals surface area contributed by atoms with Gasteiger partial charge in [0, 0.05) is 4.91 Å². The molecule has 0 spiro atoms. The maximum Gasteiger partial charge on any atom is 0.123 e. The summed E-state index contributed by atoms with van der Waals surface area (Å²) in [5.74, 6) is -0.339. The Morgan fingerprint density at radius 1 is 1.67 bits per heavy atom. The Hall–Kier alpha value is -0.500. The Labute approximate surface area is 59.1 Å². The van der Waals surface area contributed by atoms with Crippen molar-refractivity contribution >= 4 is 11.8 Å². The fourth-order valence-corrected chi connectivity index (χ4v) is 0.502. The van der Waals surface area contributed by atoms with E-state index < -0.39 is 0 Å². The number of hydrogen-bond acceptors (Lipinski definition) is 1. The second kappa shape index (κ2) is 4.39. The van der Waals surface area contributed by atoms with Gasteiger partial charge in [-0.3, -0.25) is 0 Å². The van der Waals surface area contributed by atoms with Gasteiger partial charge in [-0.05, 0) is 18.4 Å². The summed E-state index contributed by atoms with van der Waals surface area (Å²) < 4.78 is 12.2. The predicted molar refractivity (Wildman–Crippen MR) is 42.0 cm³/mol. The van der Waals surface area contributed by atoms with Crippen molar-refractivity contribution in [2.75, 3.05) is 6.26 Å². The van der Waals surface area contributed by atoms with Gasteiger partial charge in [0.05, 0.1) is 0 Å². The van der Waals surface area contributed by atoms with Gasteiger partial charge in [0.1, 0.15) is 5.83 Å². The monoisotopic (exact) mass is 144 g/mol. The van der Waals surface area contributed by atoms with Crippen LogP contribution in [0.2, 0.25) is 0 Å². The molecule has 0 radical (unpaired) electrons. The van der Waals surface area contributed by atoms with E-state index in [9.17, 15) is 4.39 Å². The summed E-state index contributed by atoms with van der Waals surface area (Å²) in [6.45, 7) is 6.81. The molecule has 9 heavy (non-hydrogen) atoms. The predicted octanol–water partition coefficient (Wildman–Crippen LogP) is 2.90. The third-order valence-corrected chi connectivity index (χ3v) is 1.40. The maximum atomic E-state index is 12.2.